The Morgan fingerprint density at radius 2 is 2.00 bits per heavy atom. The van der Waals surface area contributed by atoms with Gasteiger partial charge in [0.2, 0.25) is 5.88 Å². The molecular weight excluding hydrogens is 240 g/mol. The van der Waals surface area contributed by atoms with E-state index < -0.39 is 0 Å². The molecule has 1 aromatic carbocycles. The van der Waals surface area contributed by atoms with Crippen molar-refractivity contribution in [3.8, 4) is 11.6 Å². The summed E-state index contributed by atoms with van der Waals surface area (Å²) in [6, 6.07) is 7.86. The van der Waals surface area contributed by atoms with Crippen LogP contribution in [0.25, 0.3) is 0 Å². The lowest BCUT2D eigenvalue weighted by Gasteiger charge is -2.08. The van der Waals surface area contributed by atoms with E-state index in [4.69, 9.17) is 15.9 Å². The molecule has 2 rings (SSSR count). The van der Waals surface area contributed by atoms with Crippen molar-refractivity contribution in [2.24, 2.45) is 12.8 Å². The fourth-order valence-corrected chi connectivity index (χ4v) is 1.97. The van der Waals surface area contributed by atoms with Crippen LogP contribution in [-0.4, -0.2) is 15.6 Å². The highest BCUT2D eigenvalue weighted by Crippen LogP contribution is 2.27. The zero-order chi connectivity index (χ0) is 14.0. The van der Waals surface area contributed by atoms with Crippen LogP contribution >= 0.6 is 0 Å². The number of nitrogens with zero attached hydrogens (tertiary/aromatic N) is 2. The smallest absolute Gasteiger partial charge is 0.228 e. The third-order valence-corrected chi connectivity index (χ3v) is 2.99. The Morgan fingerprint density at radius 3 is 2.53 bits per heavy atom. The van der Waals surface area contributed by atoms with Crippen molar-refractivity contribution < 1.29 is 4.74 Å². The molecule has 0 fully saturated rings. The van der Waals surface area contributed by atoms with Crippen molar-refractivity contribution in [1.82, 2.24) is 9.78 Å². The molecule has 0 spiro atoms. The minimum Gasteiger partial charge on any atom is -0.439 e. The third-order valence-electron chi connectivity index (χ3n) is 2.99. The fraction of sp³-hybridized carbons (Fsp3) is 0.286. The van der Waals surface area contributed by atoms with E-state index in [9.17, 15) is 0 Å². The van der Waals surface area contributed by atoms with Crippen LogP contribution in [0.3, 0.4) is 0 Å². The van der Waals surface area contributed by atoms with Crippen LogP contribution < -0.4 is 10.5 Å². The normalized spacial score (nSPS) is 10.5. The standard InChI is InChI=1S/C14H18N4O/c1-4-10-5-7-11(8-6-10)19-14-12(13(15)16)9(2)17-18(14)3/h5-8H,4H2,1-3H3,(H3,15,16). The summed E-state index contributed by atoms with van der Waals surface area (Å²) < 4.78 is 7.40. The van der Waals surface area contributed by atoms with Gasteiger partial charge in [-0.05, 0) is 31.0 Å². The molecule has 19 heavy (non-hydrogen) atoms. The van der Waals surface area contributed by atoms with Gasteiger partial charge in [0, 0.05) is 7.05 Å². The average Bonchev–Trinajstić information content (AvgIpc) is 2.65. The van der Waals surface area contributed by atoms with Crippen LogP contribution in [0.15, 0.2) is 24.3 Å². The Hall–Kier alpha value is -2.30. The number of rotatable bonds is 4. The molecule has 0 aliphatic carbocycles. The SMILES string of the molecule is CCc1ccc(Oc2c(C(=N)N)c(C)nn2C)cc1. The highest BCUT2D eigenvalue weighted by Gasteiger charge is 2.17. The van der Waals surface area contributed by atoms with Gasteiger partial charge in [-0.3, -0.25) is 5.41 Å². The van der Waals surface area contributed by atoms with Gasteiger partial charge in [-0.1, -0.05) is 19.1 Å². The summed E-state index contributed by atoms with van der Waals surface area (Å²) >= 11 is 0. The van der Waals surface area contributed by atoms with Gasteiger partial charge >= 0.3 is 0 Å². The van der Waals surface area contributed by atoms with Gasteiger partial charge in [0.1, 0.15) is 17.1 Å². The minimum atomic E-state index is -0.0363. The zero-order valence-electron chi connectivity index (χ0n) is 11.4. The quantitative estimate of drug-likeness (QED) is 0.653. The van der Waals surface area contributed by atoms with Crippen molar-refractivity contribution in [3.05, 3.63) is 41.1 Å². The summed E-state index contributed by atoms with van der Waals surface area (Å²) in [5, 5.41) is 11.8. The van der Waals surface area contributed by atoms with Gasteiger partial charge in [0.15, 0.2) is 0 Å². The van der Waals surface area contributed by atoms with Gasteiger partial charge < -0.3 is 10.5 Å². The van der Waals surface area contributed by atoms with Crippen LogP contribution in [0.1, 0.15) is 23.7 Å². The molecule has 1 aromatic heterocycles. The maximum absolute atomic E-state index is 7.60. The lowest BCUT2D eigenvalue weighted by molar-refractivity contribution is 0.429. The first-order chi connectivity index (χ1) is 9.02. The predicted molar refractivity (Wildman–Crippen MR) is 74.9 cm³/mol. The fourth-order valence-electron chi connectivity index (χ4n) is 1.97. The van der Waals surface area contributed by atoms with E-state index in [0.29, 0.717) is 22.9 Å². The van der Waals surface area contributed by atoms with Gasteiger partial charge in [-0.15, -0.1) is 0 Å². The summed E-state index contributed by atoms with van der Waals surface area (Å²) in [6.45, 7) is 3.91. The van der Waals surface area contributed by atoms with E-state index in [1.807, 2.05) is 31.2 Å². The Kier molecular flexibility index (Phi) is 3.55. The third kappa shape index (κ3) is 2.59. The molecule has 0 aliphatic rings. The number of benzene rings is 1. The molecule has 1 heterocycles. The second kappa shape index (κ2) is 5.14. The van der Waals surface area contributed by atoms with Crippen molar-refractivity contribution in [1.29, 1.82) is 5.41 Å². The number of aryl methyl sites for hydroxylation is 3. The molecule has 0 bridgehead atoms. The first-order valence-electron chi connectivity index (χ1n) is 6.17. The van der Waals surface area contributed by atoms with Gasteiger partial charge in [0.05, 0.1) is 5.69 Å². The number of nitrogens with one attached hydrogen (secondary N) is 1. The van der Waals surface area contributed by atoms with Gasteiger partial charge in [-0.2, -0.15) is 5.10 Å². The highest BCUT2D eigenvalue weighted by molar-refractivity contribution is 5.98. The first-order valence-corrected chi connectivity index (χ1v) is 6.17. The van der Waals surface area contributed by atoms with Crippen molar-refractivity contribution >= 4 is 5.84 Å². The van der Waals surface area contributed by atoms with E-state index >= 15 is 0 Å². The Morgan fingerprint density at radius 1 is 1.37 bits per heavy atom. The summed E-state index contributed by atoms with van der Waals surface area (Å²) in [5.74, 6) is 1.17. The summed E-state index contributed by atoms with van der Waals surface area (Å²) in [6.07, 6.45) is 0.990. The molecule has 100 valence electrons. The number of ether oxygens (including phenoxy) is 1. The summed E-state index contributed by atoms with van der Waals surface area (Å²) in [4.78, 5) is 0. The molecule has 0 unspecified atom stereocenters. The summed E-state index contributed by atoms with van der Waals surface area (Å²) in [5.41, 5.74) is 8.06. The Bertz CT molecular complexity index is 599. The number of hydrogen-bond donors (Lipinski definition) is 2. The number of nitrogen functional groups attached to an aromatic ring is 1. The highest BCUT2D eigenvalue weighted by atomic mass is 16.5. The molecule has 5 heteroatoms. The van der Waals surface area contributed by atoms with E-state index in [1.54, 1.807) is 11.7 Å². The molecule has 2 aromatic rings. The van der Waals surface area contributed by atoms with Crippen LogP contribution in [0, 0.1) is 12.3 Å². The molecule has 5 nitrogen and oxygen atoms in total. The molecule has 0 amide bonds. The minimum absolute atomic E-state index is 0.0363. The van der Waals surface area contributed by atoms with Crippen LogP contribution in [-0.2, 0) is 13.5 Å². The molecule has 3 N–H and O–H groups in total. The van der Waals surface area contributed by atoms with Crippen LogP contribution in [0.2, 0.25) is 0 Å². The van der Waals surface area contributed by atoms with E-state index in [2.05, 4.69) is 12.0 Å². The molecule has 0 saturated carbocycles. The molecule has 0 saturated heterocycles. The van der Waals surface area contributed by atoms with Crippen molar-refractivity contribution in [2.75, 3.05) is 0 Å². The van der Waals surface area contributed by atoms with Crippen LogP contribution in [0.5, 0.6) is 11.6 Å². The van der Waals surface area contributed by atoms with Crippen molar-refractivity contribution in [2.45, 2.75) is 20.3 Å². The van der Waals surface area contributed by atoms with Crippen LogP contribution in [0.4, 0.5) is 0 Å². The second-order valence-corrected chi connectivity index (χ2v) is 4.40. The van der Waals surface area contributed by atoms with Crippen molar-refractivity contribution in [3.63, 3.8) is 0 Å². The number of aromatic nitrogens is 2. The molecule has 0 radical (unpaired) electrons. The van der Waals surface area contributed by atoms with E-state index in [1.165, 1.54) is 5.56 Å². The first kappa shape index (κ1) is 13.1. The van der Waals surface area contributed by atoms with Gasteiger partial charge in [0.25, 0.3) is 0 Å². The zero-order valence-corrected chi connectivity index (χ0v) is 11.4. The molecule has 0 atom stereocenters. The van der Waals surface area contributed by atoms with E-state index in [-0.39, 0.29) is 5.84 Å². The number of amidine groups is 1. The molecular formula is C14H18N4O. The van der Waals surface area contributed by atoms with E-state index in [0.717, 1.165) is 6.42 Å². The second-order valence-electron chi connectivity index (χ2n) is 4.40. The summed E-state index contributed by atoms with van der Waals surface area (Å²) in [7, 11) is 1.77. The average molecular weight is 258 g/mol. The Balaban J connectivity index is 2.34. The number of nitrogens with two attached hydrogens (primary N) is 1. The maximum Gasteiger partial charge on any atom is 0.228 e. The predicted octanol–water partition coefficient (Wildman–Crippen LogP) is 2.37. The Labute approximate surface area is 112 Å². The largest absolute Gasteiger partial charge is 0.439 e. The number of hydrogen-bond acceptors (Lipinski definition) is 3. The maximum atomic E-state index is 7.60. The topological polar surface area (TPSA) is 76.9 Å². The lowest BCUT2D eigenvalue weighted by atomic mass is 10.2. The monoisotopic (exact) mass is 258 g/mol. The molecule has 0 aliphatic heterocycles. The van der Waals surface area contributed by atoms with Gasteiger partial charge in [-0.25, -0.2) is 4.68 Å². The lowest BCUT2D eigenvalue weighted by Crippen LogP contribution is -2.13.